The van der Waals surface area contributed by atoms with Gasteiger partial charge in [0.2, 0.25) is 0 Å². The molecule has 2 atom stereocenters. The average molecular weight is 182 g/mol. The SMILES string of the molecule is CC1NCCC1CNC1(C)CCC1. The first kappa shape index (κ1) is 9.47. The van der Waals surface area contributed by atoms with Gasteiger partial charge in [0.05, 0.1) is 0 Å². The normalized spacial score (nSPS) is 37.4. The largest absolute Gasteiger partial charge is 0.314 e. The van der Waals surface area contributed by atoms with Crippen LogP contribution in [0, 0.1) is 5.92 Å². The predicted molar refractivity (Wildman–Crippen MR) is 55.8 cm³/mol. The zero-order chi connectivity index (χ0) is 9.31. The van der Waals surface area contributed by atoms with Gasteiger partial charge in [0.1, 0.15) is 0 Å². The Balaban J connectivity index is 1.72. The molecule has 1 aliphatic carbocycles. The first-order valence-electron chi connectivity index (χ1n) is 5.68. The number of rotatable bonds is 3. The summed E-state index contributed by atoms with van der Waals surface area (Å²) in [6, 6.07) is 0.719. The second kappa shape index (κ2) is 3.58. The lowest BCUT2D eigenvalue weighted by molar-refractivity contribution is 0.195. The summed E-state index contributed by atoms with van der Waals surface area (Å²) in [5.41, 5.74) is 0.488. The maximum atomic E-state index is 3.73. The average Bonchev–Trinajstić information content (AvgIpc) is 2.44. The number of hydrogen-bond acceptors (Lipinski definition) is 2. The standard InChI is InChI=1S/C11H22N2/c1-9-10(4-7-12-9)8-13-11(2)5-3-6-11/h9-10,12-13H,3-8H2,1-2H3. The van der Waals surface area contributed by atoms with Crippen molar-refractivity contribution in [1.82, 2.24) is 10.6 Å². The molecular weight excluding hydrogens is 160 g/mol. The third-order valence-corrected chi connectivity index (χ3v) is 3.94. The first-order chi connectivity index (χ1) is 6.20. The fraction of sp³-hybridized carbons (Fsp3) is 1.00. The highest BCUT2D eigenvalue weighted by Crippen LogP contribution is 2.31. The van der Waals surface area contributed by atoms with Crippen LogP contribution in [0.15, 0.2) is 0 Å². The minimum Gasteiger partial charge on any atom is -0.314 e. The molecule has 2 nitrogen and oxygen atoms in total. The second-order valence-corrected chi connectivity index (χ2v) is 5.09. The zero-order valence-electron chi connectivity index (χ0n) is 8.90. The van der Waals surface area contributed by atoms with Gasteiger partial charge >= 0.3 is 0 Å². The van der Waals surface area contributed by atoms with Gasteiger partial charge in [-0.05, 0) is 58.5 Å². The van der Waals surface area contributed by atoms with E-state index < -0.39 is 0 Å². The smallest absolute Gasteiger partial charge is 0.0153 e. The maximum Gasteiger partial charge on any atom is 0.0153 e. The Labute approximate surface area is 81.5 Å². The van der Waals surface area contributed by atoms with Gasteiger partial charge < -0.3 is 10.6 Å². The Hall–Kier alpha value is -0.0800. The van der Waals surface area contributed by atoms with Crippen molar-refractivity contribution in [2.75, 3.05) is 13.1 Å². The van der Waals surface area contributed by atoms with Crippen molar-refractivity contribution < 1.29 is 0 Å². The maximum absolute atomic E-state index is 3.73. The monoisotopic (exact) mass is 182 g/mol. The molecule has 0 aromatic heterocycles. The molecule has 0 spiro atoms. The summed E-state index contributed by atoms with van der Waals surface area (Å²) in [5, 5.41) is 7.23. The summed E-state index contributed by atoms with van der Waals surface area (Å²) in [5.74, 6) is 0.859. The van der Waals surface area contributed by atoms with Crippen molar-refractivity contribution in [1.29, 1.82) is 0 Å². The summed E-state index contributed by atoms with van der Waals surface area (Å²) in [6.07, 6.45) is 5.52. The van der Waals surface area contributed by atoms with Gasteiger partial charge in [-0.25, -0.2) is 0 Å². The predicted octanol–water partition coefficient (Wildman–Crippen LogP) is 1.52. The van der Waals surface area contributed by atoms with Crippen molar-refractivity contribution >= 4 is 0 Å². The number of hydrogen-bond donors (Lipinski definition) is 2. The molecule has 2 unspecified atom stereocenters. The molecule has 0 aromatic rings. The van der Waals surface area contributed by atoms with E-state index in [-0.39, 0.29) is 0 Å². The lowest BCUT2D eigenvalue weighted by Gasteiger charge is -2.40. The van der Waals surface area contributed by atoms with E-state index in [0.717, 1.165) is 12.0 Å². The van der Waals surface area contributed by atoms with Crippen LogP contribution in [0.1, 0.15) is 39.5 Å². The van der Waals surface area contributed by atoms with Crippen LogP contribution < -0.4 is 10.6 Å². The zero-order valence-corrected chi connectivity index (χ0v) is 8.90. The minimum atomic E-state index is 0.488. The highest BCUT2D eigenvalue weighted by atomic mass is 15.0. The van der Waals surface area contributed by atoms with E-state index >= 15 is 0 Å². The molecule has 2 rings (SSSR count). The van der Waals surface area contributed by atoms with Crippen LogP contribution in [0.3, 0.4) is 0 Å². The summed E-state index contributed by atoms with van der Waals surface area (Å²) in [4.78, 5) is 0. The Morgan fingerprint density at radius 1 is 1.46 bits per heavy atom. The van der Waals surface area contributed by atoms with Gasteiger partial charge in [0, 0.05) is 11.6 Å². The molecule has 2 heteroatoms. The Morgan fingerprint density at radius 3 is 2.69 bits per heavy atom. The molecule has 0 aromatic carbocycles. The Morgan fingerprint density at radius 2 is 2.23 bits per heavy atom. The van der Waals surface area contributed by atoms with Gasteiger partial charge in [-0.1, -0.05) is 0 Å². The van der Waals surface area contributed by atoms with Crippen molar-refractivity contribution in [3.05, 3.63) is 0 Å². The quantitative estimate of drug-likeness (QED) is 0.691. The van der Waals surface area contributed by atoms with Gasteiger partial charge in [0.25, 0.3) is 0 Å². The van der Waals surface area contributed by atoms with E-state index in [9.17, 15) is 0 Å². The second-order valence-electron chi connectivity index (χ2n) is 5.09. The van der Waals surface area contributed by atoms with Gasteiger partial charge in [-0.3, -0.25) is 0 Å². The molecule has 13 heavy (non-hydrogen) atoms. The fourth-order valence-corrected chi connectivity index (χ4v) is 2.45. The van der Waals surface area contributed by atoms with E-state index in [0.29, 0.717) is 5.54 Å². The fourth-order valence-electron chi connectivity index (χ4n) is 2.45. The number of nitrogens with one attached hydrogen (secondary N) is 2. The summed E-state index contributed by atoms with van der Waals surface area (Å²) >= 11 is 0. The Kier molecular flexibility index (Phi) is 2.61. The highest BCUT2D eigenvalue weighted by Gasteiger charge is 2.32. The molecule has 0 radical (unpaired) electrons. The van der Waals surface area contributed by atoms with Gasteiger partial charge in [0.15, 0.2) is 0 Å². The van der Waals surface area contributed by atoms with E-state index in [1.165, 1.54) is 38.8 Å². The van der Waals surface area contributed by atoms with Crippen molar-refractivity contribution in [3.63, 3.8) is 0 Å². The minimum absolute atomic E-state index is 0.488. The third-order valence-electron chi connectivity index (χ3n) is 3.94. The topological polar surface area (TPSA) is 24.1 Å². The van der Waals surface area contributed by atoms with Crippen LogP contribution in [0.5, 0.6) is 0 Å². The summed E-state index contributed by atoms with van der Waals surface area (Å²) < 4.78 is 0. The highest BCUT2D eigenvalue weighted by molar-refractivity contribution is 4.93. The first-order valence-corrected chi connectivity index (χ1v) is 5.68. The van der Waals surface area contributed by atoms with Crippen LogP contribution in [0.4, 0.5) is 0 Å². The van der Waals surface area contributed by atoms with Gasteiger partial charge in [-0.15, -0.1) is 0 Å². The molecule has 76 valence electrons. The molecule has 1 saturated heterocycles. The Bertz CT molecular complexity index is 175. The molecule has 1 saturated carbocycles. The third kappa shape index (κ3) is 2.05. The summed E-state index contributed by atoms with van der Waals surface area (Å²) in [6.45, 7) is 7.10. The lowest BCUT2D eigenvalue weighted by Crippen LogP contribution is -2.50. The van der Waals surface area contributed by atoms with Crippen LogP contribution in [-0.4, -0.2) is 24.7 Å². The molecular formula is C11H22N2. The van der Waals surface area contributed by atoms with Crippen LogP contribution in [0.2, 0.25) is 0 Å². The molecule has 2 fully saturated rings. The summed E-state index contributed by atoms with van der Waals surface area (Å²) in [7, 11) is 0. The molecule has 0 bridgehead atoms. The van der Waals surface area contributed by atoms with Crippen LogP contribution in [0.25, 0.3) is 0 Å². The van der Waals surface area contributed by atoms with Gasteiger partial charge in [-0.2, -0.15) is 0 Å². The molecule has 0 amide bonds. The molecule has 1 heterocycles. The van der Waals surface area contributed by atoms with Crippen molar-refractivity contribution in [2.24, 2.45) is 5.92 Å². The lowest BCUT2D eigenvalue weighted by atomic mass is 9.78. The van der Waals surface area contributed by atoms with E-state index in [4.69, 9.17) is 0 Å². The van der Waals surface area contributed by atoms with E-state index in [2.05, 4.69) is 24.5 Å². The molecule has 1 aliphatic heterocycles. The van der Waals surface area contributed by atoms with Crippen LogP contribution in [-0.2, 0) is 0 Å². The molecule has 2 N–H and O–H groups in total. The van der Waals surface area contributed by atoms with E-state index in [1.807, 2.05) is 0 Å². The molecule has 2 aliphatic rings. The van der Waals surface area contributed by atoms with Crippen LogP contribution >= 0.6 is 0 Å². The van der Waals surface area contributed by atoms with E-state index in [1.54, 1.807) is 0 Å². The van der Waals surface area contributed by atoms with Crippen molar-refractivity contribution in [3.8, 4) is 0 Å². The van der Waals surface area contributed by atoms with Crippen molar-refractivity contribution in [2.45, 2.75) is 51.1 Å².